The fourth-order valence-electron chi connectivity index (χ4n) is 5.96. The Balaban J connectivity index is 1.17. The van der Waals surface area contributed by atoms with E-state index in [4.69, 9.17) is 9.47 Å². The van der Waals surface area contributed by atoms with E-state index in [2.05, 4.69) is 15.7 Å². The summed E-state index contributed by atoms with van der Waals surface area (Å²) < 4.78 is 14.0. The Morgan fingerprint density at radius 1 is 0.780 bits per heavy atom. The first-order valence-electron chi connectivity index (χ1n) is 15.0. The number of nitrogens with zero attached hydrogens (tertiary/aromatic N) is 2. The maximum Gasteiger partial charge on any atom is 0.269 e. The molecule has 2 aliphatic rings. The van der Waals surface area contributed by atoms with Crippen LogP contribution in [0.1, 0.15) is 78.7 Å². The fraction of sp³-hybridized carbons (Fsp3) is 0.485. The maximum absolute atomic E-state index is 13.4. The van der Waals surface area contributed by atoms with Gasteiger partial charge in [-0.2, -0.15) is 5.10 Å². The van der Waals surface area contributed by atoms with Crippen LogP contribution in [0.4, 0.5) is 0 Å². The number of ether oxygens (including phenoxy) is 2. The molecule has 2 saturated carbocycles. The Hall–Kier alpha value is -3.49. The second-order valence-corrected chi connectivity index (χ2v) is 11.3. The molecule has 0 spiro atoms. The summed E-state index contributed by atoms with van der Waals surface area (Å²) in [5.74, 6) is -0.385. The van der Waals surface area contributed by atoms with Crippen LogP contribution in [0.5, 0.6) is 0 Å². The summed E-state index contributed by atoms with van der Waals surface area (Å²) in [7, 11) is 0. The number of hydrogen-bond donors (Lipinski definition) is 2. The van der Waals surface area contributed by atoms with Crippen LogP contribution < -0.4 is 10.6 Å². The van der Waals surface area contributed by atoms with E-state index in [9.17, 15) is 9.59 Å². The molecule has 2 amide bonds. The molecule has 2 aliphatic carbocycles. The van der Waals surface area contributed by atoms with E-state index in [0.717, 1.165) is 62.5 Å². The Kier molecular flexibility index (Phi) is 10.2. The zero-order chi connectivity index (χ0) is 28.4. The van der Waals surface area contributed by atoms with E-state index < -0.39 is 0 Å². The van der Waals surface area contributed by atoms with Crippen molar-refractivity contribution in [3.63, 3.8) is 0 Å². The van der Waals surface area contributed by atoms with E-state index in [1.165, 1.54) is 4.68 Å². The molecule has 0 unspecified atom stereocenters. The normalized spacial score (nSPS) is 22.7. The van der Waals surface area contributed by atoms with Crippen LogP contribution in [0, 0.1) is 6.92 Å². The monoisotopic (exact) mass is 558 g/mol. The van der Waals surface area contributed by atoms with Gasteiger partial charge in [-0.25, -0.2) is 0 Å². The van der Waals surface area contributed by atoms with Crippen molar-refractivity contribution in [2.75, 3.05) is 0 Å². The molecule has 2 aromatic carbocycles. The maximum atomic E-state index is 13.4. The molecule has 5 rings (SSSR count). The van der Waals surface area contributed by atoms with Crippen molar-refractivity contribution in [3.8, 4) is 0 Å². The molecule has 0 bridgehead atoms. The molecule has 0 aliphatic heterocycles. The molecule has 3 aromatic rings. The van der Waals surface area contributed by atoms with Crippen molar-refractivity contribution < 1.29 is 19.1 Å². The number of aromatic nitrogens is 2. The summed E-state index contributed by atoms with van der Waals surface area (Å²) >= 11 is 0. The lowest BCUT2D eigenvalue weighted by Gasteiger charge is -2.32. The summed E-state index contributed by atoms with van der Waals surface area (Å²) in [5, 5.41) is 10.8. The molecular formula is C33H42N4O4. The molecular weight excluding hydrogens is 516 g/mol. The van der Waals surface area contributed by atoms with Gasteiger partial charge in [-0.15, -0.1) is 0 Å². The van der Waals surface area contributed by atoms with Crippen LogP contribution in [0.25, 0.3) is 0 Å². The number of rotatable bonds is 11. The molecule has 1 heterocycles. The minimum Gasteiger partial charge on any atom is -0.371 e. The van der Waals surface area contributed by atoms with Gasteiger partial charge in [0.1, 0.15) is 12.2 Å². The van der Waals surface area contributed by atoms with Gasteiger partial charge in [0.25, 0.3) is 5.91 Å². The van der Waals surface area contributed by atoms with Gasteiger partial charge < -0.3 is 20.1 Å². The largest absolute Gasteiger partial charge is 0.371 e. The lowest BCUT2D eigenvalue weighted by atomic mass is 9.92. The van der Waals surface area contributed by atoms with Gasteiger partial charge in [0.2, 0.25) is 5.91 Å². The first kappa shape index (κ1) is 29.0. The minimum absolute atomic E-state index is 0.0168. The first-order valence-corrected chi connectivity index (χ1v) is 15.0. The Morgan fingerprint density at radius 3 is 1.85 bits per heavy atom. The highest BCUT2D eigenvalue weighted by atomic mass is 16.5. The van der Waals surface area contributed by atoms with Gasteiger partial charge >= 0.3 is 0 Å². The fourth-order valence-corrected chi connectivity index (χ4v) is 5.96. The number of carbonyl (C=O) groups is 2. The van der Waals surface area contributed by atoms with Crippen molar-refractivity contribution in [2.45, 2.75) is 102 Å². The number of carbonyl (C=O) groups excluding carboxylic acids is 2. The summed E-state index contributed by atoms with van der Waals surface area (Å²) in [4.78, 5) is 26.6. The molecule has 8 heteroatoms. The van der Waals surface area contributed by atoms with Crippen molar-refractivity contribution >= 4 is 11.8 Å². The van der Waals surface area contributed by atoms with Crippen molar-refractivity contribution in [3.05, 3.63) is 89.2 Å². The van der Waals surface area contributed by atoms with Gasteiger partial charge in [0.05, 0.1) is 43.2 Å². The minimum atomic E-state index is -0.222. The Bertz CT molecular complexity index is 1260. The van der Waals surface area contributed by atoms with E-state index in [-0.39, 0.29) is 42.7 Å². The molecule has 0 radical (unpaired) electrons. The Morgan fingerprint density at radius 2 is 1.29 bits per heavy atom. The number of amides is 2. The van der Waals surface area contributed by atoms with E-state index in [1.54, 1.807) is 6.07 Å². The quantitative estimate of drug-likeness (QED) is 0.342. The number of aryl methyl sites for hydroxylation is 1. The molecule has 1 aromatic heterocycles. The van der Waals surface area contributed by atoms with Gasteiger partial charge in [-0.05, 0) is 49.8 Å². The van der Waals surface area contributed by atoms with Crippen LogP contribution in [0.15, 0.2) is 66.7 Å². The summed E-state index contributed by atoms with van der Waals surface area (Å²) in [6.07, 6.45) is 7.77. The van der Waals surface area contributed by atoms with Gasteiger partial charge in [0.15, 0.2) is 0 Å². The van der Waals surface area contributed by atoms with E-state index >= 15 is 0 Å². The smallest absolute Gasteiger partial charge is 0.269 e. The van der Waals surface area contributed by atoms with Crippen molar-refractivity contribution in [1.82, 2.24) is 20.4 Å². The molecule has 2 N–H and O–H groups in total. The van der Waals surface area contributed by atoms with Gasteiger partial charge in [-0.3, -0.25) is 14.3 Å². The average Bonchev–Trinajstić information content (AvgIpc) is 3.37. The van der Waals surface area contributed by atoms with Crippen LogP contribution >= 0.6 is 0 Å². The lowest BCUT2D eigenvalue weighted by Crippen LogP contribution is -2.48. The highest BCUT2D eigenvalue weighted by Crippen LogP contribution is 2.24. The second kappa shape index (κ2) is 14.4. The van der Waals surface area contributed by atoms with Crippen LogP contribution in [0.2, 0.25) is 0 Å². The zero-order valence-electron chi connectivity index (χ0n) is 24.0. The Labute approximate surface area is 242 Å². The number of benzene rings is 2. The van der Waals surface area contributed by atoms with E-state index in [0.29, 0.717) is 24.6 Å². The first-order chi connectivity index (χ1) is 20.0. The predicted octanol–water partition coefficient (Wildman–Crippen LogP) is 5.09. The van der Waals surface area contributed by atoms with Crippen LogP contribution in [0.3, 0.4) is 0 Å². The van der Waals surface area contributed by atoms with Crippen molar-refractivity contribution in [1.29, 1.82) is 0 Å². The molecule has 218 valence electrons. The number of hydrogen-bond acceptors (Lipinski definition) is 5. The van der Waals surface area contributed by atoms with Gasteiger partial charge in [-0.1, -0.05) is 86.3 Å². The van der Waals surface area contributed by atoms with Crippen LogP contribution in [-0.4, -0.2) is 45.9 Å². The number of nitrogens with one attached hydrogen (secondary N) is 2. The summed E-state index contributed by atoms with van der Waals surface area (Å²) in [5.41, 5.74) is 3.33. The molecule has 41 heavy (non-hydrogen) atoms. The molecule has 4 atom stereocenters. The molecule has 0 saturated heterocycles. The third kappa shape index (κ3) is 8.27. The summed E-state index contributed by atoms with van der Waals surface area (Å²) in [6.45, 7) is 2.87. The zero-order valence-corrected chi connectivity index (χ0v) is 24.0. The average molecular weight is 559 g/mol. The van der Waals surface area contributed by atoms with Gasteiger partial charge in [0, 0.05) is 0 Å². The van der Waals surface area contributed by atoms with Crippen LogP contribution in [-0.2, 0) is 34.0 Å². The highest BCUT2D eigenvalue weighted by Gasteiger charge is 2.30. The standard InChI is InChI=1S/C33H42N4O4/c1-24-20-29(33(39)35-28-17-9-11-19-31(28)41-23-26-14-6-3-7-15-26)37(36-24)21-32(38)34-27-16-8-10-18-30(27)40-22-25-12-4-2-5-13-25/h2-7,12-15,20,27-28,30-31H,8-11,16-19,21-23H2,1H3,(H,34,38)(H,35,39)/t27-,28-,30-,31-/m0/s1. The third-order valence-electron chi connectivity index (χ3n) is 8.11. The van der Waals surface area contributed by atoms with Crippen molar-refractivity contribution in [2.24, 2.45) is 0 Å². The topological polar surface area (TPSA) is 94.5 Å². The lowest BCUT2D eigenvalue weighted by molar-refractivity contribution is -0.124. The summed E-state index contributed by atoms with van der Waals surface area (Å²) in [6, 6.07) is 21.8. The third-order valence-corrected chi connectivity index (χ3v) is 8.11. The SMILES string of the molecule is Cc1cc(C(=O)N[C@H]2CCCC[C@@H]2OCc2ccccc2)n(CC(=O)N[C@H]2CCCC[C@@H]2OCc2ccccc2)n1. The predicted molar refractivity (Wildman–Crippen MR) is 157 cm³/mol. The molecule has 8 nitrogen and oxygen atoms in total. The van der Waals surface area contributed by atoms with E-state index in [1.807, 2.05) is 67.6 Å². The molecule has 2 fully saturated rings. The second-order valence-electron chi connectivity index (χ2n) is 11.3. The highest BCUT2D eigenvalue weighted by molar-refractivity contribution is 5.93.